The average molecular weight is 261 g/mol. The number of ether oxygens (including phenoxy) is 1. The van der Waals surface area contributed by atoms with Crippen LogP contribution in [-0.4, -0.2) is 18.0 Å². The van der Waals surface area contributed by atoms with Crippen LogP contribution >= 0.6 is 0 Å². The number of benzene rings is 1. The highest BCUT2D eigenvalue weighted by atomic mass is 19.1. The molecule has 0 bridgehead atoms. The van der Waals surface area contributed by atoms with Gasteiger partial charge in [0.25, 0.3) is 5.91 Å². The van der Waals surface area contributed by atoms with Gasteiger partial charge in [0.15, 0.2) is 0 Å². The number of rotatable bonds is 3. The van der Waals surface area contributed by atoms with E-state index >= 15 is 0 Å². The Morgan fingerprint density at radius 2 is 2.21 bits per heavy atom. The molecule has 3 N–H and O–H groups in total. The first-order valence-corrected chi connectivity index (χ1v) is 5.47. The van der Waals surface area contributed by atoms with E-state index in [2.05, 4.69) is 10.3 Å². The number of nitrogen functional groups attached to an aromatic ring is 1. The zero-order valence-electron chi connectivity index (χ0n) is 10.2. The Morgan fingerprint density at radius 1 is 1.42 bits per heavy atom. The number of amides is 1. The molecule has 2 rings (SSSR count). The first-order chi connectivity index (χ1) is 9.11. The molecule has 6 heteroatoms. The molecule has 19 heavy (non-hydrogen) atoms. The molecule has 98 valence electrons. The third-order valence-electron chi connectivity index (χ3n) is 2.48. The number of halogens is 1. The summed E-state index contributed by atoms with van der Waals surface area (Å²) in [6.45, 7) is 0. The molecule has 1 heterocycles. The minimum atomic E-state index is -0.634. The summed E-state index contributed by atoms with van der Waals surface area (Å²) < 4.78 is 18.3. The van der Waals surface area contributed by atoms with Crippen molar-refractivity contribution in [2.75, 3.05) is 18.2 Å². The number of anilines is 2. The second-order valence-electron chi connectivity index (χ2n) is 3.75. The standard InChI is InChI=1S/C13H12FN3O2/c1-19-13-11(3-2-6-16-13)17-12(18)8-4-5-10(15)9(14)7-8/h2-7H,15H2,1H3,(H,17,18). The van der Waals surface area contributed by atoms with Gasteiger partial charge in [-0.05, 0) is 30.3 Å². The van der Waals surface area contributed by atoms with E-state index in [9.17, 15) is 9.18 Å². The number of carbonyl (C=O) groups is 1. The van der Waals surface area contributed by atoms with Gasteiger partial charge in [0.05, 0.1) is 12.8 Å². The van der Waals surface area contributed by atoms with Crippen molar-refractivity contribution in [3.8, 4) is 5.88 Å². The third-order valence-corrected chi connectivity index (χ3v) is 2.48. The molecule has 0 radical (unpaired) electrons. The molecule has 1 amide bonds. The van der Waals surface area contributed by atoms with E-state index in [-0.39, 0.29) is 17.1 Å². The largest absolute Gasteiger partial charge is 0.480 e. The molecule has 1 aromatic carbocycles. The summed E-state index contributed by atoms with van der Waals surface area (Å²) in [5, 5.41) is 2.59. The van der Waals surface area contributed by atoms with Gasteiger partial charge in [0.2, 0.25) is 5.88 Å². The maximum Gasteiger partial charge on any atom is 0.255 e. The molecule has 0 aliphatic carbocycles. The first kappa shape index (κ1) is 12.8. The van der Waals surface area contributed by atoms with Crippen LogP contribution in [0.3, 0.4) is 0 Å². The van der Waals surface area contributed by atoms with Gasteiger partial charge in [0.1, 0.15) is 11.5 Å². The van der Waals surface area contributed by atoms with Crippen LogP contribution in [0.25, 0.3) is 0 Å². The zero-order chi connectivity index (χ0) is 13.8. The SMILES string of the molecule is COc1ncccc1NC(=O)c1ccc(N)c(F)c1. The third kappa shape index (κ3) is 2.79. The number of carbonyl (C=O) groups excluding carboxylic acids is 1. The number of nitrogens with one attached hydrogen (secondary N) is 1. The maximum atomic E-state index is 13.3. The number of hydrogen-bond donors (Lipinski definition) is 2. The van der Waals surface area contributed by atoms with Gasteiger partial charge >= 0.3 is 0 Å². The summed E-state index contributed by atoms with van der Waals surface area (Å²) in [5.41, 5.74) is 5.92. The Morgan fingerprint density at radius 3 is 2.89 bits per heavy atom. The van der Waals surface area contributed by atoms with Crippen molar-refractivity contribution >= 4 is 17.3 Å². The van der Waals surface area contributed by atoms with Gasteiger partial charge in [-0.1, -0.05) is 0 Å². The van der Waals surface area contributed by atoms with Crippen molar-refractivity contribution in [2.45, 2.75) is 0 Å². The summed E-state index contributed by atoms with van der Waals surface area (Å²) >= 11 is 0. The number of nitrogens with two attached hydrogens (primary N) is 1. The van der Waals surface area contributed by atoms with Gasteiger partial charge in [0, 0.05) is 11.8 Å². The molecule has 0 aliphatic heterocycles. The van der Waals surface area contributed by atoms with Crippen LogP contribution in [-0.2, 0) is 0 Å². The fourth-order valence-electron chi connectivity index (χ4n) is 1.51. The molecule has 2 aromatic rings. The molecular formula is C13H12FN3O2. The summed E-state index contributed by atoms with van der Waals surface area (Å²) in [5.74, 6) is -0.817. The minimum absolute atomic E-state index is 0.00416. The number of pyridine rings is 1. The van der Waals surface area contributed by atoms with Crippen LogP contribution in [0.5, 0.6) is 5.88 Å². The number of hydrogen-bond acceptors (Lipinski definition) is 4. The Balaban J connectivity index is 2.23. The molecule has 5 nitrogen and oxygen atoms in total. The van der Waals surface area contributed by atoms with Crippen molar-refractivity contribution in [1.82, 2.24) is 4.98 Å². The summed E-state index contributed by atoms with van der Waals surface area (Å²) in [7, 11) is 1.45. The molecule has 1 aromatic heterocycles. The molecule has 0 atom stereocenters. The molecule has 0 saturated carbocycles. The Labute approximate surface area is 109 Å². The zero-order valence-corrected chi connectivity index (χ0v) is 10.2. The lowest BCUT2D eigenvalue weighted by Crippen LogP contribution is -2.13. The first-order valence-electron chi connectivity index (χ1n) is 5.47. The number of aromatic nitrogens is 1. The van der Waals surface area contributed by atoms with Crippen molar-refractivity contribution in [3.63, 3.8) is 0 Å². The Hall–Kier alpha value is -2.63. The topological polar surface area (TPSA) is 77.2 Å². The van der Waals surface area contributed by atoms with E-state index in [1.807, 2.05) is 0 Å². The van der Waals surface area contributed by atoms with Crippen molar-refractivity contribution in [1.29, 1.82) is 0 Å². The highest BCUT2D eigenvalue weighted by molar-refractivity contribution is 6.05. The van der Waals surface area contributed by atoms with Crippen LogP contribution in [0, 0.1) is 5.82 Å². The normalized spacial score (nSPS) is 10.0. The monoisotopic (exact) mass is 261 g/mol. The van der Waals surface area contributed by atoms with Crippen LogP contribution in [0.2, 0.25) is 0 Å². The molecule has 0 saturated heterocycles. The fraction of sp³-hybridized carbons (Fsp3) is 0.0769. The molecule has 0 unspecified atom stereocenters. The maximum absolute atomic E-state index is 13.3. The predicted molar refractivity (Wildman–Crippen MR) is 69.6 cm³/mol. The van der Waals surface area contributed by atoms with Crippen LogP contribution in [0.4, 0.5) is 15.8 Å². The van der Waals surface area contributed by atoms with E-state index in [0.717, 1.165) is 6.07 Å². The van der Waals surface area contributed by atoms with E-state index in [1.165, 1.54) is 25.4 Å². The van der Waals surface area contributed by atoms with E-state index in [0.29, 0.717) is 5.69 Å². The van der Waals surface area contributed by atoms with Gasteiger partial charge in [-0.15, -0.1) is 0 Å². The lowest BCUT2D eigenvalue weighted by Gasteiger charge is -2.09. The van der Waals surface area contributed by atoms with Crippen molar-refractivity contribution < 1.29 is 13.9 Å². The van der Waals surface area contributed by atoms with Gasteiger partial charge in [-0.3, -0.25) is 4.79 Å². The summed E-state index contributed by atoms with van der Waals surface area (Å²) in [4.78, 5) is 15.9. The van der Waals surface area contributed by atoms with Crippen LogP contribution in [0.15, 0.2) is 36.5 Å². The highest BCUT2D eigenvalue weighted by Crippen LogP contribution is 2.21. The molecular weight excluding hydrogens is 249 g/mol. The van der Waals surface area contributed by atoms with E-state index in [1.54, 1.807) is 12.1 Å². The predicted octanol–water partition coefficient (Wildman–Crippen LogP) is 2.06. The second-order valence-corrected chi connectivity index (χ2v) is 3.75. The molecule has 0 fully saturated rings. The van der Waals surface area contributed by atoms with E-state index < -0.39 is 11.7 Å². The lowest BCUT2D eigenvalue weighted by molar-refractivity contribution is 0.102. The van der Waals surface area contributed by atoms with Gasteiger partial charge in [-0.25, -0.2) is 9.37 Å². The quantitative estimate of drug-likeness (QED) is 0.829. The van der Waals surface area contributed by atoms with Gasteiger partial charge < -0.3 is 15.8 Å². The van der Waals surface area contributed by atoms with E-state index in [4.69, 9.17) is 10.5 Å². The van der Waals surface area contributed by atoms with Crippen LogP contribution < -0.4 is 15.8 Å². The van der Waals surface area contributed by atoms with Crippen molar-refractivity contribution in [2.24, 2.45) is 0 Å². The number of nitrogens with zero attached hydrogens (tertiary/aromatic N) is 1. The summed E-state index contributed by atoms with van der Waals surface area (Å²) in [6, 6.07) is 7.15. The van der Waals surface area contributed by atoms with Crippen LogP contribution in [0.1, 0.15) is 10.4 Å². The smallest absolute Gasteiger partial charge is 0.255 e. The average Bonchev–Trinajstić information content (AvgIpc) is 2.42. The highest BCUT2D eigenvalue weighted by Gasteiger charge is 2.11. The Kier molecular flexibility index (Phi) is 3.61. The molecule has 0 spiro atoms. The fourth-order valence-corrected chi connectivity index (χ4v) is 1.51. The Bertz CT molecular complexity index is 617. The second kappa shape index (κ2) is 5.34. The summed E-state index contributed by atoms with van der Waals surface area (Å²) in [6.07, 6.45) is 1.54. The minimum Gasteiger partial charge on any atom is -0.480 e. The lowest BCUT2D eigenvalue weighted by atomic mass is 10.2. The van der Waals surface area contributed by atoms with Crippen molar-refractivity contribution in [3.05, 3.63) is 47.9 Å². The number of methoxy groups -OCH3 is 1. The van der Waals surface area contributed by atoms with Gasteiger partial charge in [-0.2, -0.15) is 0 Å². The molecule has 0 aliphatic rings.